The van der Waals surface area contributed by atoms with Gasteiger partial charge in [-0.05, 0) is 0 Å². The first-order valence-corrected chi connectivity index (χ1v) is 2.01. The monoisotopic (exact) mass is 116 g/mol. The zero-order chi connectivity index (χ0) is 4.50. The maximum Gasteiger partial charge on any atom is 1.00 e. The van der Waals surface area contributed by atoms with Crippen molar-refractivity contribution in [1.82, 2.24) is 0 Å². The molecular weight excluding hydrogens is 113 g/mol. The number of hydrogen-bond donors (Lipinski definition) is 1. The van der Waals surface area contributed by atoms with Crippen molar-refractivity contribution >= 4 is 10.5 Å². The third kappa shape index (κ3) is 167. The van der Waals surface area contributed by atoms with Crippen LogP contribution in [0.4, 0.5) is 3.89 Å². The number of hydrogen-bond acceptors (Lipinski definition) is 2. The summed E-state index contributed by atoms with van der Waals surface area (Å²) in [5, 5.41) is 0. The molecule has 7 heavy (non-hydrogen) atoms. The molecule has 0 rings (SSSR count). The summed E-state index contributed by atoms with van der Waals surface area (Å²) in [4.78, 5) is 0. The molecule has 0 radical (unpaired) electrons. The maximum atomic E-state index is 10.2. The van der Waals surface area contributed by atoms with Gasteiger partial charge in [0, 0.05) is 0 Å². The summed E-state index contributed by atoms with van der Waals surface area (Å²) in [7, 11) is -5.17. The fourth-order valence-electron chi connectivity index (χ4n) is 0. The van der Waals surface area contributed by atoms with Gasteiger partial charge in [-0.2, -0.15) is 8.42 Å². The molecule has 0 unspecified atom stereocenters. The van der Waals surface area contributed by atoms with Crippen molar-refractivity contribution in [2.45, 2.75) is 0 Å². The van der Waals surface area contributed by atoms with Gasteiger partial charge in [-0.15, -0.1) is 0 Å². The third-order valence-corrected chi connectivity index (χ3v) is 0. The third-order valence-electron chi connectivity index (χ3n) is 0. The van der Waals surface area contributed by atoms with E-state index in [0.717, 1.165) is 0 Å². The summed E-state index contributed by atoms with van der Waals surface area (Å²) in [6.45, 7) is 0. The van der Waals surface area contributed by atoms with Gasteiger partial charge >= 0.3 is 48.2 Å². The van der Waals surface area contributed by atoms with Gasteiger partial charge in [0.2, 0.25) is 0 Å². The van der Waals surface area contributed by atoms with E-state index in [4.69, 9.17) is 13.0 Å². The molecule has 0 aliphatic carbocycles. The van der Waals surface area contributed by atoms with Crippen molar-refractivity contribution in [2.75, 3.05) is 0 Å². The largest absolute Gasteiger partial charge is 1.00 e. The first kappa shape index (κ1) is 15.7. The molecule has 0 bridgehead atoms. The molecule has 0 spiro atoms. The van der Waals surface area contributed by atoms with Crippen molar-refractivity contribution in [3.05, 3.63) is 0 Å². The van der Waals surface area contributed by atoms with Gasteiger partial charge in [-0.3, -0.25) is 4.55 Å². The van der Waals surface area contributed by atoms with Crippen LogP contribution < -0.4 is 37.7 Å². The van der Waals surface area contributed by atoms with E-state index in [1.54, 1.807) is 0 Å². The van der Waals surface area contributed by atoms with Crippen molar-refractivity contribution in [1.29, 1.82) is 0 Å². The molecular formula is H3FLi2O3S. The maximum absolute atomic E-state index is 10.2. The van der Waals surface area contributed by atoms with Crippen LogP contribution in [0, 0.1) is 0 Å². The molecule has 0 heterocycles. The first-order chi connectivity index (χ1) is 2.00. The summed E-state index contributed by atoms with van der Waals surface area (Å²) in [5.74, 6) is 0. The summed E-state index contributed by atoms with van der Waals surface area (Å²) in [5.41, 5.74) is 0. The molecule has 0 aliphatic heterocycles. The van der Waals surface area contributed by atoms with Gasteiger partial charge in [0.05, 0.1) is 0 Å². The Bertz CT molecular complexity index is 103. The van der Waals surface area contributed by atoms with Crippen LogP contribution in [0.2, 0.25) is 0 Å². The molecule has 0 fully saturated rings. The van der Waals surface area contributed by atoms with Crippen LogP contribution >= 0.6 is 0 Å². The summed E-state index contributed by atoms with van der Waals surface area (Å²) in [6, 6.07) is 0. The van der Waals surface area contributed by atoms with E-state index in [0.29, 0.717) is 0 Å². The second-order valence-corrected chi connectivity index (χ2v) is 1.24. The van der Waals surface area contributed by atoms with E-state index in [2.05, 4.69) is 0 Å². The molecule has 7 heteroatoms. The molecule has 36 valence electrons. The quantitative estimate of drug-likeness (QED) is 0.195. The van der Waals surface area contributed by atoms with Crippen LogP contribution in [0.15, 0.2) is 0 Å². The van der Waals surface area contributed by atoms with Crippen LogP contribution in [-0.4, -0.2) is 13.0 Å². The summed E-state index contributed by atoms with van der Waals surface area (Å²) < 4.78 is 34.1. The van der Waals surface area contributed by atoms with E-state index in [1.165, 1.54) is 0 Å². The van der Waals surface area contributed by atoms with Gasteiger partial charge in [-0.25, -0.2) is 0 Å². The van der Waals surface area contributed by atoms with Crippen LogP contribution in [-0.2, 0) is 10.5 Å². The molecule has 3 nitrogen and oxygen atoms in total. The fourth-order valence-corrected chi connectivity index (χ4v) is 0. The van der Waals surface area contributed by atoms with Gasteiger partial charge in [-0.1, -0.05) is 3.89 Å². The average Bonchev–Trinajstić information content (AvgIpc) is 0.722. The zero-order valence-corrected chi connectivity index (χ0v) is 4.87. The minimum atomic E-state index is -5.17. The Balaban J connectivity index is -0.0000000133. The van der Waals surface area contributed by atoms with Gasteiger partial charge in [0.1, 0.15) is 0 Å². The molecule has 0 amide bonds. The van der Waals surface area contributed by atoms with Gasteiger partial charge in [0.15, 0.2) is 0 Å². The smallest absolute Gasteiger partial charge is 1.00 e. The van der Waals surface area contributed by atoms with Crippen LogP contribution in [0.5, 0.6) is 0 Å². The second-order valence-electron chi connectivity index (χ2n) is 0.412. The van der Waals surface area contributed by atoms with Crippen molar-refractivity contribution in [2.24, 2.45) is 0 Å². The normalized spacial score (nSPS) is 8.29. The Kier molecular flexibility index (Phi) is 11.6. The fraction of sp³-hybridized carbons (Fsp3) is 0. The van der Waals surface area contributed by atoms with E-state index in [1.807, 2.05) is 0 Å². The number of rotatable bonds is 0. The minimum Gasteiger partial charge on any atom is -1.00 e. The molecule has 0 aromatic heterocycles. The Morgan fingerprint density at radius 2 is 1.43 bits per heavy atom. The molecule has 0 saturated heterocycles. The Labute approximate surface area is 68.0 Å². The Morgan fingerprint density at radius 3 is 1.43 bits per heavy atom. The molecule has 0 saturated carbocycles. The van der Waals surface area contributed by atoms with Crippen LogP contribution in [0.1, 0.15) is 2.85 Å². The van der Waals surface area contributed by atoms with E-state index >= 15 is 0 Å². The van der Waals surface area contributed by atoms with Gasteiger partial charge in [0.25, 0.3) is 0 Å². The Hall–Kier alpha value is 1.03. The van der Waals surface area contributed by atoms with Crippen LogP contribution in [0.25, 0.3) is 0 Å². The van der Waals surface area contributed by atoms with Crippen LogP contribution in [0.3, 0.4) is 0 Å². The second kappa shape index (κ2) is 5.18. The molecule has 0 aliphatic rings. The topological polar surface area (TPSA) is 54.4 Å². The van der Waals surface area contributed by atoms with E-state index in [-0.39, 0.29) is 40.6 Å². The number of halogens is 1. The standard InChI is InChI=1S/FHO3S.2Li.2H/c1-5(2,3)4;;;;/h(H,2,3,4);;;;/q;2*+1;2*-1. The van der Waals surface area contributed by atoms with Gasteiger partial charge < -0.3 is 2.85 Å². The summed E-state index contributed by atoms with van der Waals surface area (Å²) in [6.07, 6.45) is 0. The van der Waals surface area contributed by atoms with Crippen molar-refractivity contribution in [3.8, 4) is 0 Å². The predicted octanol–water partition coefficient (Wildman–Crippen LogP) is -6.01. The molecule has 0 aromatic carbocycles. The SMILES string of the molecule is O=S(=O)(O)F.[H-].[H-].[Li+].[Li+]. The molecule has 0 aromatic rings. The minimum absolute atomic E-state index is 0. The van der Waals surface area contributed by atoms with E-state index in [9.17, 15) is 3.89 Å². The van der Waals surface area contributed by atoms with E-state index < -0.39 is 10.5 Å². The predicted molar refractivity (Wildman–Crippen MR) is 14.9 cm³/mol. The zero-order valence-electron chi connectivity index (χ0n) is 6.05. The molecule has 0 atom stereocenters. The summed E-state index contributed by atoms with van der Waals surface area (Å²) >= 11 is 0. The average molecular weight is 116 g/mol. The Morgan fingerprint density at radius 1 is 1.43 bits per heavy atom. The first-order valence-electron chi connectivity index (χ1n) is 0.670. The van der Waals surface area contributed by atoms with Crippen molar-refractivity contribution in [3.63, 3.8) is 0 Å². The molecule has 1 N–H and O–H groups in total. The van der Waals surface area contributed by atoms with Crippen molar-refractivity contribution < 1.29 is 57.4 Å².